The van der Waals surface area contributed by atoms with Gasteiger partial charge in [-0.1, -0.05) is 11.6 Å². The molecule has 0 aromatic carbocycles. The summed E-state index contributed by atoms with van der Waals surface area (Å²) in [6, 6.07) is 4.80. The summed E-state index contributed by atoms with van der Waals surface area (Å²) in [4.78, 5) is 26.4. The number of thiophene rings is 1. The predicted molar refractivity (Wildman–Crippen MR) is 72.8 cm³/mol. The van der Waals surface area contributed by atoms with Crippen molar-refractivity contribution in [1.82, 2.24) is 15.8 Å². The highest BCUT2D eigenvalue weighted by Crippen LogP contribution is 2.20. The number of aromatic nitrogens is 1. The second-order valence-electron chi connectivity index (χ2n) is 3.24. The maximum atomic E-state index is 11.6. The van der Waals surface area contributed by atoms with Crippen molar-refractivity contribution < 1.29 is 9.59 Å². The molecule has 0 spiro atoms. The number of carbonyl (C=O) groups is 2. The summed E-state index contributed by atoms with van der Waals surface area (Å²) in [7, 11) is 0. The second-order valence-corrected chi connectivity index (χ2v) is 5.87. The number of aromatic amines is 1. The first-order valence-corrected chi connectivity index (χ1v) is 6.75. The third kappa shape index (κ3) is 3.12. The standard InChI is InChI=1S/C10H7BrClN3O2S/c11-5-3-6(13-4-5)9(16)14-15-10(17)7-1-2-8(12)18-7/h1-4,13H,(H,14,16)(H,15,17). The van der Waals surface area contributed by atoms with Gasteiger partial charge >= 0.3 is 0 Å². The van der Waals surface area contributed by atoms with Crippen molar-refractivity contribution >= 4 is 50.7 Å². The van der Waals surface area contributed by atoms with Crippen LogP contribution < -0.4 is 10.9 Å². The third-order valence-corrected chi connectivity index (χ3v) is 3.67. The zero-order valence-corrected chi connectivity index (χ0v) is 11.9. The molecule has 0 aliphatic heterocycles. The Morgan fingerprint density at radius 3 is 2.56 bits per heavy atom. The zero-order valence-electron chi connectivity index (χ0n) is 8.79. The van der Waals surface area contributed by atoms with Crippen LogP contribution in [0.1, 0.15) is 20.2 Å². The average molecular weight is 349 g/mol. The topological polar surface area (TPSA) is 74.0 Å². The Kier molecular flexibility index (Phi) is 4.05. The Morgan fingerprint density at radius 2 is 2.00 bits per heavy atom. The van der Waals surface area contributed by atoms with Crippen LogP contribution in [0.3, 0.4) is 0 Å². The summed E-state index contributed by atoms with van der Waals surface area (Å²) in [6.45, 7) is 0. The fourth-order valence-electron chi connectivity index (χ4n) is 1.18. The number of rotatable bonds is 2. The van der Waals surface area contributed by atoms with Gasteiger partial charge in [-0.2, -0.15) is 0 Å². The maximum absolute atomic E-state index is 11.6. The number of H-pyrrole nitrogens is 1. The quantitative estimate of drug-likeness (QED) is 0.730. The molecule has 0 saturated carbocycles. The predicted octanol–water partition coefficient (Wildman–Crippen LogP) is 2.57. The molecule has 2 aromatic heterocycles. The number of hydrogen-bond acceptors (Lipinski definition) is 3. The fraction of sp³-hybridized carbons (Fsp3) is 0. The van der Waals surface area contributed by atoms with Gasteiger partial charge in [0.15, 0.2) is 0 Å². The Labute approximate surface area is 120 Å². The van der Waals surface area contributed by atoms with Crippen molar-refractivity contribution in [3.8, 4) is 0 Å². The molecule has 5 nitrogen and oxygen atoms in total. The van der Waals surface area contributed by atoms with E-state index in [9.17, 15) is 9.59 Å². The highest BCUT2D eigenvalue weighted by molar-refractivity contribution is 9.10. The molecule has 0 aliphatic rings. The molecule has 2 aromatic rings. The molecule has 0 radical (unpaired) electrons. The minimum Gasteiger partial charge on any atom is -0.356 e. The van der Waals surface area contributed by atoms with Crippen molar-refractivity contribution in [2.24, 2.45) is 0 Å². The van der Waals surface area contributed by atoms with Crippen molar-refractivity contribution in [1.29, 1.82) is 0 Å². The largest absolute Gasteiger partial charge is 0.356 e. The molecular formula is C10H7BrClN3O2S. The van der Waals surface area contributed by atoms with E-state index < -0.39 is 11.8 Å². The molecule has 0 saturated heterocycles. The molecule has 18 heavy (non-hydrogen) atoms. The number of carbonyl (C=O) groups excluding carboxylic acids is 2. The van der Waals surface area contributed by atoms with E-state index in [1.165, 1.54) is 0 Å². The normalized spacial score (nSPS) is 10.1. The van der Waals surface area contributed by atoms with Gasteiger partial charge in [-0.3, -0.25) is 20.4 Å². The summed E-state index contributed by atoms with van der Waals surface area (Å²) in [5, 5.41) is 0. The van der Waals surface area contributed by atoms with Gasteiger partial charge in [-0.15, -0.1) is 11.3 Å². The lowest BCUT2D eigenvalue weighted by molar-refractivity contribution is 0.0846. The van der Waals surface area contributed by atoms with E-state index in [0.29, 0.717) is 14.9 Å². The smallest absolute Gasteiger partial charge is 0.286 e. The number of halogens is 2. The van der Waals surface area contributed by atoms with Crippen molar-refractivity contribution in [3.05, 3.63) is 43.8 Å². The fourth-order valence-corrected chi connectivity index (χ4v) is 2.46. The van der Waals surface area contributed by atoms with Crippen molar-refractivity contribution in [2.45, 2.75) is 0 Å². The lowest BCUT2D eigenvalue weighted by atomic mass is 10.4. The third-order valence-electron chi connectivity index (χ3n) is 1.98. The van der Waals surface area contributed by atoms with E-state index in [-0.39, 0.29) is 0 Å². The first-order valence-electron chi connectivity index (χ1n) is 4.76. The Balaban J connectivity index is 1.92. The number of hydrogen-bond donors (Lipinski definition) is 3. The van der Waals surface area contributed by atoms with Gasteiger partial charge in [0.25, 0.3) is 11.8 Å². The SMILES string of the molecule is O=C(NNC(=O)c1ccc(Cl)s1)c1cc(Br)c[nH]1. The van der Waals surface area contributed by atoms with Gasteiger partial charge in [0, 0.05) is 10.7 Å². The Morgan fingerprint density at radius 1 is 1.28 bits per heavy atom. The van der Waals surface area contributed by atoms with E-state index in [4.69, 9.17) is 11.6 Å². The molecule has 0 bridgehead atoms. The summed E-state index contributed by atoms with van der Waals surface area (Å²) in [6.07, 6.45) is 1.62. The van der Waals surface area contributed by atoms with Crippen LogP contribution in [0.15, 0.2) is 28.9 Å². The number of hydrazine groups is 1. The summed E-state index contributed by atoms with van der Waals surface area (Å²) < 4.78 is 1.27. The lowest BCUT2D eigenvalue weighted by Gasteiger charge is -2.04. The van der Waals surface area contributed by atoms with Gasteiger partial charge < -0.3 is 4.98 Å². The molecule has 0 fully saturated rings. The molecule has 0 aliphatic carbocycles. The molecule has 0 atom stereocenters. The highest BCUT2D eigenvalue weighted by atomic mass is 79.9. The van der Waals surface area contributed by atoms with Crippen LogP contribution in [0, 0.1) is 0 Å². The van der Waals surface area contributed by atoms with E-state index in [1.54, 1.807) is 24.4 Å². The van der Waals surface area contributed by atoms with E-state index in [2.05, 4.69) is 31.8 Å². The van der Waals surface area contributed by atoms with Gasteiger partial charge in [0.2, 0.25) is 0 Å². The molecular weight excluding hydrogens is 342 g/mol. The zero-order chi connectivity index (χ0) is 13.1. The molecule has 8 heteroatoms. The molecule has 94 valence electrons. The van der Waals surface area contributed by atoms with E-state index in [0.717, 1.165) is 15.8 Å². The molecule has 2 heterocycles. The van der Waals surface area contributed by atoms with Crippen LogP contribution >= 0.6 is 38.9 Å². The van der Waals surface area contributed by atoms with E-state index in [1.807, 2.05) is 0 Å². The summed E-state index contributed by atoms with van der Waals surface area (Å²) in [5.74, 6) is -0.845. The first-order chi connectivity index (χ1) is 8.56. The van der Waals surface area contributed by atoms with Gasteiger partial charge in [0.1, 0.15) is 5.69 Å². The maximum Gasteiger partial charge on any atom is 0.286 e. The first kappa shape index (κ1) is 13.1. The monoisotopic (exact) mass is 347 g/mol. The van der Waals surface area contributed by atoms with Gasteiger partial charge in [-0.05, 0) is 34.1 Å². The average Bonchev–Trinajstić information content (AvgIpc) is 2.94. The van der Waals surface area contributed by atoms with Crippen molar-refractivity contribution in [3.63, 3.8) is 0 Å². The Bertz CT molecular complexity index is 543. The Hall–Kier alpha value is -1.31. The number of amides is 2. The van der Waals surface area contributed by atoms with Gasteiger partial charge in [-0.25, -0.2) is 0 Å². The molecule has 2 amide bonds. The highest BCUT2D eigenvalue weighted by Gasteiger charge is 2.11. The lowest BCUT2D eigenvalue weighted by Crippen LogP contribution is -2.41. The minimum atomic E-state index is -0.434. The number of nitrogens with one attached hydrogen (secondary N) is 3. The van der Waals surface area contributed by atoms with Crippen LogP contribution in [0.25, 0.3) is 0 Å². The molecule has 2 rings (SSSR count). The minimum absolute atomic E-state index is 0.339. The van der Waals surface area contributed by atoms with Crippen LogP contribution in [0.4, 0.5) is 0 Å². The van der Waals surface area contributed by atoms with Crippen LogP contribution in [0.2, 0.25) is 4.34 Å². The van der Waals surface area contributed by atoms with Crippen LogP contribution in [-0.2, 0) is 0 Å². The van der Waals surface area contributed by atoms with Crippen LogP contribution in [-0.4, -0.2) is 16.8 Å². The summed E-state index contributed by atoms with van der Waals surface area (Å²) in [5.41, 5.74) is 4.93. The van der Waals surface area contributed by atoms with Crippen molar-refractivity contribution in [2.75, 3.05) is 0 Å². The molecule has 0 unspecified atom stereocenters. The van der Waals surface area contributed by atoms with Gasteiger partial charge in [0.05, 0.1) is 9.21 Å². The van der Waals surface area contributed by atoms with E-state index >= 15 is 0 Å². The molecule has 3 N–H and O–H groups in total. The summed E-state index contributed by atoms with van der Waals surface area (Å²) >= 11 is 10.0. The van der Waals surface area contributed by atoms with Crippen LogP contribution in [0.5, 0.6) is 0 Å². The second kappa shape index (κ2) is 5.55.